The molecule has 2 aromatic rings. The first kappa shape index (κ1) is 16.0. The lowest BCUT2D eigenvalue weighted by Gasteiger charge is -2.12. The number of halogens is 2. The van der Waals surface area contributed by atoms with Crippen molar-refractivity contribution in [3.8, 4) is 5.75 Å². The smallest absolute Gasteiger partial charge is 0.120 e. The van der Waals surface area contributed by atoms with Gasteiger partial charge in [0.05, 0.1) is 0 Å². The Balaban J connectivity index is 1.89. The van der Waals surface area contributed by atoms with Crippen LogP contribution in [0.15, 0.2) is 30.3 Å². The van der Waals surface area contributed by atoms with E-state index in [0.29, 0.717) is 13.2 Å². The average Bonchev–Trinajstić information content (AvgIpc) is 2.44. The molecule has 0 aromatic heterocycles. The quantitative estimate of drug-likeness (QED) is 0.743. The molecule has 0 amide bonds. The van der Waals surface area contributed by atoms with Gasteiger partial charge < -0.3 is 10.1 Å². The Labute approximate surface area is 136 Å². The van der Waals surface area contributed by atoms with Crippen LogP contribution in [-0.4, -0.2) is 13.2 Å². The summed E-state index contributed by atoms with van der Waals surface area (Å²) in [5, 5.41) is 4.86. The molecule has 0 spiro atoms. The van der Waals surface area contributed by atoms with E-state index in [-0.39, 0.29) is 0 Å². The molecule has 0 aliphatic heterocycles. The lowest BCUT2D eigenvalue weighted by atomic mass is 10.1. The van der Waals surface area contributed by atoms with Gasteiger partial charge in [-0.25, -0.2) is 0 Å². The first-order valence-electron chi connectivity index (χ1n) is 6.87. The summed E-state index contributed by atoms with van der Waals surface area (Å²) in [5.74, 6) is 0.846. The zero-order valence-corrected chi connectivity index (χ0v) is 14.0. The molecule has 0 atom stereocenters. The lowest BCUT2D eigenvalue weighted by molar-refractivity contribution is 0.332. The molecule has 112 valence electrons. The Morgan fingerprint density at radius 1 is 0.952 bits per heavy atom. The van der Waals surface area contributed by atoms with Gasteiger partial charge in [-0.05, 0) is 61.7 Å². The summed E-state index contributed by atoms with van der Waals surface area (Å²) in [6.07, 6.45) is 0. The second-order valence-electron chi connectivity index (χ2n) is 5.11. The van der Waals surface area contributed by atoms with Crippen molar-refractivity contribution in [2.24, 2.45) is 0 Å². The molecule has 4 heteroatoms. The van der Waals surface area contributed by atoms with E-state index in [1.165, 1.54) is 0 Å². The normalized spacial score (nSPS) is 10.5. The van der Waals surface area contributed by atoms with E-state index in [4.69, 9.17) is 27.9 Å². The molecular formula is C17H19Cl2NO. The van der Waals surface area contributed by atoms with Crippen LogP contribution in [0.5, 0.6) is 5.75 Å². The summed E-state index contributed by atoms with van der Waals surface area (Å²) < 4.78 is 5.76. The second kappa shape index (κ2) is 7.06. The van der Waals surface area contributed by atoms with Gasteiger partial charge in [0, 0.05) is 22.3 Å². The highest BCUT2D eigenvalue weighted by molar-refractivity contribution is 6.32. The summed E-state index contributed by atoms with van der Waals surface area (Å²) in [6, 6.07) is 9.72. The molecule has 0 aliphatic carbocycles. The molecule has 1 N–H and O–H groups in total. The molecule has 0 aliphatic rings. The largest absolute Gasteiger partial charge is 0.492 e. The summed E-state index contributed by atoms with van der Waals surface area (Å²) in [6.45, 7) is 7.30. The number of ether oxygens (including phenoxy) is 1. The first-order valence-corrected chi connectivity index (χ1v) is 7.62. The van der Waals surface area contributed by atoms with Crippen molar-refractivity contribution < 1.29 is 4.74 Å². The fraction of sp³-hybridized carbons (Fsp3) is 0.294. The molecule has 0 unspecified atom stereocenters. The number of anilines is 1. The Bertz CT molecular complexity index is 618. The van der Waals surface area contributed by atoms with Gasteiger partial charge in [-0.1, -0.05) is 29.3 Å². The average molecular weight is 324 g/mol. The fourth-order valence-electron chi connectivity index (χ4n) is 2.13. The van der Waals surface area contributed by atoms with Crippen LogP contribution >= 0.6 is 23.2 Å². The van der Waals surface area contributed by atoms with Crippen molar-refractivity contribution in [2.45, 2.75) is 20.8 Å². The second-order valence-corrected chi connectivity index (χ2v) is 5.92. The Morgan fingerprint density at radius 2 is 1.62 bits per heavy atom. The highest BCUT2D eigenvalue weighted by Gasteiger charge is 2.04. The Kier molecular flexibility index (Phi) is 5.38. The maximum atomic E-state index is 6.14. The molecule has 2 nitrogen and oxygen atoms in total. The predicted octanol–water partition coefficient (Wildman–Crippen LogP) is 5.41. The molecule has 0 fully saturated rings. The molecule has 0 saturated carbocycles. The van der Waals surface area contributed by atoms with Gasteiger partial charge in [0.1, 0.15) is 12.4 Å². The van der Waals surface area contributed by atoms with Crippen LogP contribution in [-0.2, 0) is 0 Å². The lowest BCUT2D eigenvalue weighted by Crippen LogP contribution is -2.12. The van der Waals surface area contributed by atoms with Crippen molar-refractivity contribution in [3.05, 3.63) is 57.1 Å². The zero-order chi connectivity index (χ0) is 15.4. The predicted molar refractivity (Wildman–Crippen MR) is 91.1 cm³/mol. The number of benzene rings is 2. The fourth-order valence-corrected chi connectivity index (χ4v) is 2.41. The van der Waals surface area contributed by atoms with Crippen LogP contribution in [0.1, 0.15) is 16.7 Å². The van der Waals surface area contributed by atoms with E-state index in [9.17, 15) is 0 Å². The number of nitrogens with one attached hydrogen (secondary N) is 1. The van der Waals surface area contributed by atoms with E-state index >= 15 is 0 Å². The van der Waals surface area contributed by atoms with E-state index < -0.39 is 0 Å². The maximum absolute atomic E-state index is 6.14. The first-order chi connectivity index (χ1) is 9.97. The van der Waals surface area contributed by atoms with Crippen LogP contribution in [0.4, 0.5) is 5.69 Å². The molecule has 2 aromatic carbocycles. The maximum Gasteiger partial charge on any atom is 0.120 e. The number of rotatable bonds is 5. The minimum Gasteiger partial charge on any atom is -0.492 e. The molecule has 2 rings (SSSR count). The SMILES string of the molecule is Cc1ccc(Cl)cc1NCCOc1cc(C)c(Cl)c(C)c1. The number of aryl methyl sites for hydroxylation is 3. The van der Waals surface area contributed by atoms with E-state index in [0.717, 1.165) is 38.2 Å². The summed E-state index contributed by atoms with van der Waals surface area (Å²) in [7, 11) is 0. The highest BCUT2D eigenvalue weighted by atomic mass is 35.5. The molecular weight excluding hydrogens is 305 g/mol. The van der Waals surface area contributed by atoms with Crippen molar-refractivity contribution in [2.75, 3.05) is 18.5 Å². The monoisotopic (exact) mass is 323 g/mol. The van der Waals surface area contributed by atoms with Gasteiger partial charge in [-0.2, -0.15) is 0 Å². The third-order valence-corrected chi connectivity index (χ3v) is 4.13. The van der Waals surface area contributed by atoms with Gasteiger partial charge in [0.15, 0.2) is 0 Å². The molecule has 0 bridgehead atoms. The van der Waals surface area contributed by atoms with E-state index in [1.807, 2.05) is 51.1 Å². The van der Waals surface area contributed by atoms with Gasteiger partial charge in [-0.15, -0.1) is 0 Å². The van der Waals surface area contributed by atoms with Crippen LogP contribution in [0.2, 0.25) is 10.0 Å². The number of hydrogen-bond acceptors (Lipinski definition) is 2. The van der Waals surface area contributed by atoms with E-state index in [1.54, 1.807) is 0 Å². The third kappa shape index (κ3) is 4.29. The standard InChI is InChI=1S/C17H19Cl2NO/c1-11-4-5-14(18)10-16(11)20-6-7-21-15-8-12(2)17(19)13(3)9-15/h4-5,8-10,20H,6-7H2,1-3H3. The topological polar surface area (TPSA) is 21.3 Å². The van der Waals surface area contributed by atoms with Gasteiger partial charge in [0.25, 0.3) is 0 Å². The summed E-state index contributed by atoms with van der Waals surface area (Å²) >= 11 is 12.1. The minimum atomic E-state index is 0.576. The zero-order valence-electron chi connectivity index (χ0n) is 12.5. The van der Waals surface area contributed by atoms with Crippen molar-refractivity contribution in [1.29, 1.82) is 0 Å². The minimum absolute atomic E-state index is 0.576. The third-order valence-electron chi connectivity index (χ3n) is 3.30. The Hall–Kier alpha value is -1.38. The molecule has 0 saturated heterocycles. The number of hydrogen-bond donors (Lipinski definition) is 1. The van der Waals surface area contributed by atoms with Crippen LogP contribution in [0.3, 0.4) is 0 Å². The Morgan fingerprint density at radius 3 is 2.29 bits per heavy atom. The summed E-state index contributed by atoms with van der Waals surface area (Å²) in [4.78, 5) is 0. The van der Waals surface area contributed by atoms with Gasteiger partial charge >= 0.3 is 0 Å². The van der Waals surface area contributed by atoms with Gasteiger partial charge in [-0.3, -0.25) is 0 Å². The van der Waals surface area contributed by atoms with Crippen LogP contribution < -0.4 is 10.1 Å². The molecule has 0 heterocycles. The summed E-state index contributed by atoms with van der Waals surface area (Å²) in [5.41, 5.74) is 4.27. The van der Waals surface area contributed by atoms with Crippen molar-refractivity contribution >= 4 is 28.9 Å². The van der Waals surface area contributed by atoms with Crippen LogP contribution in [0, 0.1) is 20.8 Å². The van der Waals surface area contributed by atoms with Crippen LogP contribution in [0.25, 0.3) is 0 Å². The van der Waals surface area contributed by atoms with Crippen molar-refractivity contribution in [1.82, 2.24) is 0 Å². The van der Waals surface area contributed by atoms with Crippen molar-refractivity contribution in [3.63, 3.8) is 0 Å². The highest BCUT2D eigenvalue weighted by Crippen LogP contribution is 2.26. The van der Waals surface area contributed by atoms with E-state index in [2.05, 4.69) is 5.32 Å². The van der Waals surface area contributed by atoms with Gasteiger partial charge in [0.2, 0.25) is 0 Å². The molecule has 21 heavy (non-hydrogen) atoms. The molecule has 0 radical (unpaired) electrons.